The van der Waals surface area contributed by atoms with Crippen LogP contribution in [0.2, 0.25) is 0 Å². The number of aliphatic hydroxyl groups is 1. The van der Waals surface area contributed by atoms with Gasteiger partial charge >= 0.3 is 11.8 Å². The summed E-state index contributed by atoms with van der Waals surface area (Å²) in [4.78, 5) is 25.6. The first kappa shape index (κ1) is 16.4. The summed E-state index contributed by atoms with van der Waals surface area (Å²) in [6.07, 6.45) is 1.09. The molecule has 2 amide bonds. The van der Waals surface area contributed by atoms with Crippen LogP contribution in [0.15, 0.2) is 18.2 Å². The third-order valence-electron chi connectivity index (χ3n) is 4.05. The molecule has 1 aliphatic heterocycles. The van der Waals surface area contributed by atoms with Gasteiger partial charge in [-0.05, 0) is 44.4 Å². The molecule has 120 valence electrons. The van der Waals surface area contributed by atoms with Crippen molar-refractivity contribution in [3.8, 4) is 0 Å². The number of halogens is 1. The normalized spacial score (nSPS) is 19.6. The molecule has 5 nitrogen and oxygen atoms in total. The largest absolute Gasteiger partial charge is 0.393 e. The van der Waals surface area contributed by atoms with Crippen molar-refractivity contribution in [2.75, 3.05) is 18.4 Å². The number of aliphatic hydroxyl groups excluding tert-OH is 1. The molecule has 0 spiro atoms. The Hall–Kier alpha value is -1.95. The van der Waals surface area contributed by atoms with E-state index in [1.165, 1.54) is 11.0 Å². The van der Waals surface area contributed by atoms with Gasteiger partial charge in [-0.1, -0.05) is 6.07 Å². The first-order valence-electron chi connectivity index (χ1n) is 7.43. The summed E-state index contributed by atoms with van der Waals surface area (Å²) in [6.45, 7) is 4.17. The van der Waals surface area contributed by atoms with Crippen molar-refractivity contribution >= 4 is 17.5 Å². The van der Waals surface area contributed by atoms with Crippen molar-refractivity contribution in [1.29, 1.82) is 0 Å². The number of amides is 2. The third kappa shape index (κ3) is 3.82. The predicted octanol–water partition coefficient (Wildman–Crippen LogP) is 1.69. The van der Waals surface area contributed by atoms with E-state index in [-0.39, 0.29) is 11.6 Å². The second-order valence-electron chi connectivity index (χ2n) is 5.81. The highest BCUT2D eigenvalue weighted by molar-refractivity contribution is 6.39. The Morgan fingerprint density at radius 1 is 1.45 bits per heavy atom. The average molecular weight is 308 g/mol. The Morgan fingerprint density at radius 3 is 2.82 bits per heavy atom. The Morgan fingerprint density at radius 2 is 2.18 bits per heavy atom. The summed E-state index contributed by atoms with van der Waals surface area (Å²) >= 11 is 0. The minimum absolute atomic E-state index is 0.0117. The lowest BCUT2D eigenvalue weighted by Crippen LogP contribution is -2.47. The molecular formula is C16H21FN2O3. The van der Waals surface area contributed by atoms with Crippen LogP contribution in [0.25, 0.3) is 0 Å². The maximum absolute atomic E-state index is 13.5. The Kier molecular flexibility index (Phi) is 5.13. The number of aryl methyl sites for hydroxylation is 1. The van der Waals surface area contributed by atoms with E-state index in [1.54, 1.807) is 26.0 Å². The number of carbonyl (C=O) groups is 2. The number of hydrogen-bond acceptors (Lipinski definition) is 3. The molecular weight excluding hydrogens is 287 g/mol. The van der Waals surface area contributed by atoms with Crippen LogP contribution in [0.5, 0.6) is 0 Å². The Labute approximate surface area is 129 Å². The van der Waals surface area contributed by atoms with E-state index in [2.05, 4.69) is 5.32 Å². The summed E-state index contributed by atoms with van der Waals surface area (Å²) < 4.78 is 13.5. The number of benzene rings is 1. The van der Waals surface area contributed by atoms with Gasteiger partial charge in [0, 0.05) is 24.7 Å². The molecule has 2 unspecified atom stereocenters. The number of carbonyl (C=O) groups excluding carboxylic acids is 2. The fourth-order valence-electron chi connectivity index (χ4n) is 2.59. The van der Waals surface area contributed by atoms with Gasteiger partial charge < -0.3 is 15.3 Å². The fraction of sp³-hybridized carbons (Fsp3) is 0.500. The quantitative estimate of drug-likeness (QED) is 0.817. The SMILES string of the molecule is Cc1ccc(NC(=O)C(=O)N2CCCC(C(C)O)C2)cc1F. The van der Waals surface area contributed by atoms with Crippen molar-refractivity contribution in [1.82, 2.24) is 4.90 Å². The molecule has 1 fully saturated rings. The maximum atomic E-state index is 13.5. The van der Waals surface area contributed by atoms with E-state index in [1.807, 2.05) is 0 Å². The number of piperidine rings is 1. The lowest BCUT2D eigenvalue weighted by atomic mass is 9.93. The van der Waals surface area contributed by atoms with Crippen LogP contribution >= 0.6 is 0 Å². The van der Waals surface area contributed by atoms with Gasteiger partial charge in [-0.15, -0.1) is 0 Å². The van der Waals surface area contributed by atoms with Crippen LogP contribution < -0.4 is 5.32 Å². The highest BCUT2D eigenvalue weighted by Gasteiger charge is 2.29. The van der Waals surface area contributed by atoms with Crippen molar-refractivity contribution in [2.24, 2.45) is 5.92 Å². The summed E-state index contributed by atoms with van der Waals surface area (Å²) in [5.41, 5.74) is 0.727. The molecule has 22 heavy (non-hydrogen) atoms. The van der Waals surface area contributed by atoms with E-state index >= 15 is 0 Å². The van der Waals surface area contributed by atoms with Crippen molar-refractivity contribution in [2.45, 2.75) is 32.8 Å². The number of nitrogens with zero attached hydrogens (tertiary/aromatic N) is 1. The second-order valence-corrected chi connectivity index (χ2v) is 5.81. The molecule has 2 atom stereocenters. The summed E-state index contributed by atoms with van der Waals surface area (Å²) in [5.74, 6) is -1.87. The number of hydrogen-bond donors (Lipinski definition) is 2. The molecule has 0 aromatic heterocycles. The van der Waals surface area contributed by atoms with Crippen LogP contribution in [-0.2, 0) is 9.59 Å². The molecule has 0 aliphatic carbocycles. The van der Waals surface area contributed by atoms with Gasteiger partial charge in [0.25, 0.3) is 0 Å². The van der Waals surface area contributed by atoms with E-state index in [4.69, 9.17) is 0 Å². The van der Waals surface area contributed by atoms with Gasteiger partial charge in [0.05, 0.1) is 6.10 Å². The minimum atomic E-state index is -0.783. The lowest BCUT2D eigenvalue weighted by molar-refractivity contribution is -0.144. The molecule has 1 heterocycles. The first-order valence-corrected chi connectivity index (χ1v) is 7.43. The Balaban J connectivity index is 1.99. The topological polar surface area (TPSA) is 69.6 Å². The van der Waals surface area contributed by atoms with Crippen LogP contribution in [0.1, 0.15) is 25.3 Å². The second kappa shape index (κ2) is 6.87. The molecule has 1 saturated heterocycles. The number of nitrogens with one attached hydrogen (secondary N) is 1. The van der Waals surface area contributed by atoms with E-state index in [0.29, 0.717) is 18.7 Å². The third-order valence-corrected chi connectivity index (χ3v) is 4.05. The van der Waals surface area contributed by atoms with Crippen LogP contribution in [0, 0.1) is 18.7 Å². The summed E-state index contributed by atoms with van der Waals surface area (Å²) in [7, 11) is 0. The molecule has 1 aromatic carbocycles. The first-order chi connectivity index (χ1) is 10.4. The minimum Gasteiger partial charge on any atom is -0.393 e. The van der Waals surface area contributed by atoms with Crippen molar-refractivity contribution < 1.29 is 19.1 Å². The van der Waals surface area contributed by atoms with E-state index in [9.17, 15) is 19.1 Å². The standard InChI is InChI=1S/C16H21FN2O3/c1-10-5-6-13(8-14(10)17)18-15(21)16(22)19-7-3-4-12(9-19)11(2)20/h5-6,8,11-12,20H,3-4,7,9H2,1-2H3,(H,18,21). The van der Waals surface area contributed by atoms with Crippen LogP contribution in [-0.4, -0.2) is 41.0 Å². The highest BCUT2D eigenvalue weighted by Crippen LogP contribution is 2.20. The zero-order valence-electron chi connectivity index (χ0n) is 12.8. The molecule has 1 aliphatic rings. The Bertz CT molecular complexity index is 575. The van der Waals surface area contributed by atoms with Gasteiger partial charge in [-0.3, -0.25) is 9.59 Å². The lowest BCUT2D eigenvalue weighted by Gasteiger charge is -2.33. The number of rotatable bonds is 2. The summed E-state index contributed by atoms with van der Waals surface area (Å²) in [5, 5.41) is 12.0. The van der Waals surface area contributed by atoms with Gasteiger partial charge in [0.1, 0.15) is 5.82 Å². The molecule has 1 aromatic rings. The molecule has 6 heteroatoms. The van der Waals surface area contributed by atoms with Crippen molar-refractivity contribution in [3.05, 3.63) is 29.6 Å². The number of anilines is 1. The summed E-state index contributed by atoms with van der Waals surface area (Å²) in [6, 6.07) is 4.29. The fourth-order valence-corrected chi connectivity index (χ4v) is 2.59. The van der Waals surface area contributed by atoms with Crippen molar-refractivity contribution in [3.63, 3.8) is 0 Å². The van der Waals surface area contributed by atoms with Crippen LogP contribution in [0.4, 0.5) is 10.1 Å². The van der Waals surface area contributed by atoms with Gasteiger partial charge in [0.15, 0.2) is 0 Å². The molecule has 0 radical (unpaired) electrons. The monoisotopic (exact) mass is 308 g/mol. The van der Waals surface area contributed by atoms with Gasteiger partial charge in [-0.25, -0.2) is 4.39 Å². The zero-order chi connectivity index (χ0) is 16.3. The predicted molar refractivity (Wildman–Crippen MR) is 80.8 cm³/mol. The molecule has 2 rings (SSSR count). The molecule has 2 N–H and O–H groups in total. The molecule has 0 saturated carbocycles. The molecule has 0 bridgehead atoms. The van der Waals surface area contributed by atoms with E-state index in [0.717, 1.165) is 12.8 Å². The average Bonchev–Trinajstić information content (AvgIpc) is 2.50. The van der Waals surface area contributed by atoms with Gasteiger partial charge in [-0.2, -0.15) is 0 Å². The smallest absolute Gasteiger partial charge is 0.313 e. The maximum Gasteiger partial charge on any atom is 0.313 e. The number of likely N-dealkylation sites (tertiary alicyclic amines) is 1. The van der Waals surface area contributed by atoms with Gasteiger partial charge in [0.2, 0.25) is 0 Å². The van der Waals surface area contributed by atoms with E-state index < -0.39 is 23.7 Å². The highest BCUT2D eigenvalue weighted by atomic mass is 19.1. The zero-order valence-corrected chi connectivity index (χ0v) is 12.8. The van der Waals surface area contributed by atoms with Crippen LogP contribution in [0.3, 0.4) is 0 Å².